The third-order valence-corrected chi connectivity index (χ3v) is 3.58. The van der Waals surface area contributed by atoms with Gasteiger partial charge in [-0.2, -0.15) is 0 Å². The number of ketones is 1. The summed E-state index contributed by atoms with van der Waals surface area (Å²) in [6, 6.07) is 8.58. The van der Waals surface area contributed by atoms with Crippen LogP contribution in [0.4, 0.5) is 4.79 Å². The van der Waals surface area contributed by atoms with Crippen molar-refractivity contribution >= 4 is 11.8 Å². The molecule has 1 aliphatic heterocycles. The number of amides is 2. The zero-order chi connectivity index (χ0) is 13.8. The molecule has 5 nitrogen and oxygen atoms in total. The summed E-state index contributed by atoms with van der Waals surface area (Å²) in [5.74, 6) is -0.217. The van der Waals surface area contributed by atoms with E-state index in [9.17, 15) is 9.59 Å². The molecule has 0 spiro atoms. The zero-order valence-electron chi connectivity index (χ0n) is 11.0. The van der Waals surface area contributed by atoms with Gasteiger partial charge in [-0.25, -0.2) is 4.79 Å². The van der Waals surface area contributed by atoms with Crippen LogP contribution in [0, 0.1) is 0 Å². The van der Waals surface area contributed by atoms with E-state index < -0.39 is 12.1 Å². The molecule has 2 rings (SSSR count). The van der Waals surface area contributed by atoms with Crippen LogP contribution in [-0.4, -0.2) is 42.4 Å². The van der Waals surface area contributed by atoms with E-state index in [1.54, 1.807) is 0 Å². The van der Waals surface area contributed by atoms with Gasteiger partial charge in [-0.15, -0.1) is 0 Å². The number of hydrogen-bond donors (Lipinski definition) is 2. The summed E-state index contributed by atoms with van der Waals surface area (Å²) in [6.45, 7) is 3.49. The highest BCUT2D eigenvalue weighted by atomic mass is 16.2. The summed E-state index contributed by atoms with van der Waals surface area (Å²) in [5.41, 5.74) is 6.30. The molecule has 1 aliphatic rings. The number of rotatable bonds is 3. The SMILES string of the molecule is CC(C(=O)C1CNCCN1C(N)=O)c1ccccc1. The van der Waals surface area contributed by atoms with Gasteiger partial charge >= 0.3 is 6.03 Å². The van der Waals surface area contributed by atoms with Gasteiger partial charge in [0.15, 0.2) is 5.78 Å². The summed E-state index contributed by atoms with van der Waals surface area (Å²) < 4.78 is 0. The first kappa shape index (κ1) is 13.5. The largest absolute Gasteiger partial charge is 0.351 e. The minimum absolute atomic E-state index is 0.0252. The second kappa shape index (κ2) is 5.84. The molecule has 3 N–H and O–H groups in total. The van der Waals surface area contributed by atoms with Crippen LogP contribution in [0.5, 0.6) is 0 Å². The first-order valence-electron chi connectivity index (χ1n) is 6.46. The van der Waals surface area contributed by atoms with Gasteiger partial charge in [-0.3, -0.25) is 4.79 Å². The third kappa shape index (κ3) is 2.93. The molecule has 2 amide bonds. The van der Waals surface area contributed by atoms with Crippen molar-refractivity contribution in [3.8, 4) is 0 Å². The van der Waals surface area contributed by atoms with Crippen molar-refractivity contribution in [3.63, 3.8) is 0 Å². The maximum absolute atomic E-state index is 12.5. The zero-order valence-corrected chi connectivity index (χ0v) is 11.0. The van der Waals surface area contributed by atoms with E-state index in [2.05, 4.69) is 5.32 Å². The number of benzene rings is 1. The van der Waals surface area contributed by atoms with Gasteiger partial charge in [0.25, 0.3) is 0 Å². The summed E-state index contributed by atoms with van der Waals surface area (Å²) in [7, 11) is 0. The van der Waals surface area contributed by atoms with E-state index in [1.807, 2.05) is 37.3 Å². The second-order valence-corrected chi connectivity index (χ2v) is 4.79. The van der Waals surface area contributed by atoms with Crippen molar-refractivity contribution in [1.29, 1.82) is 0 Å². The van der Waals surface area contributed by atoms with Crippen molar-refractivity contribution in [2.45, 2.75) is 18.9 Å². The lowest BCUT2D eigenvalue weighted by Gasteiger charge is -2.35. The van der Waals surface area contributed by atoms with E-state index in [0.29, 0.717) is 19.6 Å². The lowest BCUT2D eigenvalue weighted by Crippen LogP contribution is -2.59. The van der Waals surface area contributed by atoms with Crippen LogP contribution in [0.2, 0.25) is 0 Å². The number of nitrogens with two attached hydrogens (primary N) is 1. The number of carbonyl (C=O) groups excluding carboxylic acids is 2. The van der Waals surface area contributed by atoms with Crippen molar-refractivity contribution in [1.82, 2.24) is 10.2 Å². The van der Waals surface area contributed by atoms with Gasteiger partial charge in [0.1, 0.15) is 6.04 Å². The van der Waals surface area contributed by atoms with Crippen LogP contribution in [-0.2, 0) is 4.79 Å². The van der Waals surface area contributed by atoms with E-state index in [-0.39, 0.29) is 11.7 Å². The number of primary amides is 1. The molecule has 0 saturated carbocycles. The molecule has 1 heterocycles. The molecular formula is C14H19N3O2. The van der Waals surface area contributed by atoms with Gasteiger partial charge in [0.05, 0.1) is 0 Å². The fraction of sp³-hybridized carbons (Fsp3) is 0.429. The number of piperazine rings is 1. The summed E-state index contributed by atoms with van der Waals surface area (Å²) in [5, 5.41) is 3.14. The van der Waals surface area contributed by atoms with E-state index in [4.69, 9.17) is 5.73 Å². The Hall–Kier alpha value is -1.88. The van der Waals surface area contributed by atoms with Crippen molar-refractivity contribution in [3.05, 3.63) is 35.9 Å². The molecule has 1 aromatic rings. The second-order valence-electron chi connectivity index (χ2n) is 4.79. The molecule has 1 saturated heterocycles. The predicted octanol–water partition coefficient (Wildman–Crippen LogP) is 0.712. The Labute approximate surface area is 112 Å². The van der Waals surface area contributed by atoms with Gasteiger partial charge in [0, 0.05) is 25.6 Å². The Bertz CT molecular complexity index is 461. The molecular weight excluding hydrogens is 242 g/mol. The highest BCUT2D eigenvalue weighted by Gasteiger charge is 2.33. The van der Waals surface area contributed by atoms with Crippen molar-refractivity contribution in [2.75, 3.05) is 19.6 Å². The number of urea groups is 1. The molecule has 0 aromatic heterocycles. The fourth-order valence-electron chi connectivity index (χ4n) is 2.42. The molecule has 0 radical (unpaired) electrons. The van der Waals surface area contributed by atoms with Crippen LogP contribution in [0.15, 0.2) is 30.3 Å². The number of hydrogen-bond acceptors (Lipinski definition) is 3. The van der Waals surface area contributed by atoms with Crippen LogP contribution < -0.4 is 11.1 Å². The molecule has 2 atom stereocenters. The third-order valence-electron chi connectivity index (χ3n) is 3.58. The number of carbonyl (C=O) groups is 2. The Morgan fingerprint density at radius 3 is 2.68 bits per heavy atom. The molecule has 1 fully saturated rings. The molecule has 19 heavy (non-hydrogen) atoms. The first-order chi connectivity index (χ1) is 9.11. The minimum atomic E-state index is -0.528. The minimum Gasteiger partial charge on any atom is -0.351 e. The Kier molecular flexibility index (Phi) is 4.16. The van der Waals surface area contributed by atoms with E-state index in [0.717, 1.165) is 5.56 Å². The molecule has 0 aliphatic carbocycles. The van der Waals surface area contributed by atoms with Gasteiger partial charge in [0.2, 0.25) is 0 Å². The van der Waals surface area contributed by atoms with Crippen molar-refractivity contribution in [2.24, 2.45) is 5.73 Å². The van der Waals surface area contributed by atoms with Crippen LogP contribution in [0.3, 0.4) is 0 Å². The predicted molar refractivity (Wildman–Crippen MR) is 72.8 cm³/mol. The Balaban J connectivity index is 2.15. The van der Waals surface area contributed by atoms with Crippen LogP contribution in [0.25, 0.3) is 0 Å². The molecule has 5 heteroatoms. The quantitative estimate of drug-likeness (QED) is 0.841. The van der Waals surface area contributed by atoms with Gasteiger partial charge in [-0.05, 0) is 5.56 Å². The summed E-state index contributed by atoms with van der Waals surface area (Å²) in [6.07, 6.45) is 0. The van der Waals surface area contributed by atoms with Gasteiger partial charge < -0.3 is 16.0 Å². The monoisotopic (exact) mass is 261 g/mol. The number of Topliss-reactive ketones (excluding diaryl/α,β-unsaturated/α-hetero) is 1. The fourth-order valence-corrected chi connectivity index (χ4v) is 2.42. The standard InChI is InChI=1S/C14H19N3O2/c1-10(11-5-3-2-4-6-11)13(18)12-9-16-7-8-17(12)14(15)19/h2-6,10,12,16H,7-9H2,1H3,(H2,15,19). The van der Waals surface area contributed by atoms with Crippen LogP contribution >= 0.6 is 0 Å². The van der Waals surface area contributed by atoms with Crippen LogP contribution in [0.1, 0.15) is 18.4 Å². The first-order valence-corrected chi connectivity index (χ1v) is 6.46. The Morgan fingerprint density at radius 2 is 2.05 bits per heavy atom. The summed E-state index contributed by atoms with van der Waals surface area (Å²) in [4.78, 5) is 25.4. The van der Waals surface area contributed by atoms with Gasteiger partial charge in [-0.1, -0.05) is 37.3 Å². The van der Waals surface area contributed by atoms with E-state index >= 15 is 0 Å². The molecule has 102 valence electrons. The Morgan fingerprint density at radius 1 is 1.37 bits per heavy atom. The van der Waals surface area contributed by atoms with E-state index in [1.165, 1.54) is 4.90 Å². The van der Waals surface area contributed by atoms with Crippen molar-refractivity contribution < 1.29 is 9.59 Å². The highest BCUT2D eigenvalue weighted by Crippen LogP contribution is 2.20. The topological polar surface area (TPSA) is 75.4 Å². The smallest absolute Gasteiger partial charge is 0.315 e. The molecule has 0 bridgehead atoms. The molecule has 1 aromatic carbocycles. The highest BCUT2D eigenvalue weighted by molar-refractivity contribution is 5.93. The lowest BCUT2D eigenvalue weighted by atomic mass is 9.91. The summed E-state index contributed by atoms with van der Waals surface area (Å²) >= 11 is 0. The average Bonchev–Trinajstić information content (AvgIpc) is 2.46. The number of nitrogens with one attached hydrogen (secondary N) is 1. The lowest BCUT2D eigenvalue weighted by molar-refractivity contribution is -0.124. The average molecular weight is 261 g/mol. The number of nitrogens with zero attached hydrogens (tertiary/aromatic N) is 1. The normalized spacial score (nSPS) is 20.9. The molecule has 2 unspecified atom stereocenters. The maximum Gasteiger partial charge on any atom is 0.315 e. The maximum atomic E-state index is 12.5.